The van der Waals surface area contributed by atoms with Crippen LogP contribution in [0.2, 0.25) is 0 Å². The predicted octanol–water partition coefficient (Wildman–Crippen LogP) is 0.989. The second kappa shape index (κ2) is 13.0. The number of carbonyl (C=O) groups is 1. The van der Waals surface area contributed by atoms with Gasteiger partial charge in [0.2, 0.25) is 0 Å². The number of hydrogen-bond donors (Lipinski definition) is 1. The van der Waals surface area contributed by atoms with Crippen molar-refractivity contribution in [2.75, 3.05) is 59.3 Å². The van der Waals surface area contributed by atoms with E-state index in [0.29, 0.717) is 52.0 Å². The number of nitrogens with one attached hydrogen (secondary N) is 1. The second-order valence-electron chi connectivity index (χ2n) is 5.14. The molecule has 1 N–H and O–H groups in total. The molecule has 0 aromatic rings. The Bertz CT molecular complexity index is 258. The van der Waals surface area contributed by atoms with Gasteiger partial charge in [-0.25, -0.2) is 0 Å². The third-order valence-electron chi connectivity index (χ3n) is 3.20. The Morgan fingerprint density at radius 3 is 2.05 bits per heavy atom. The monoisotopic (exact) mass is 303 g/mol. The number of esters is 1. The highest BCUT2D eigenvalue weighted by Crippen LogP contribution is 2.08. The van der Waals surface area contributed by atoms with Crippen LogP contribution in [-0.4, -0.2) is 65.3 Å². The molecule has 1 saturated heterocycles. The Kier molecular flexibility index (Phi) is 11.4. The molecule has 0 aromatic heterocycles. The first kappa shape index (κ1) is 18.4. The fourth-order valence-corrected chi connectivity index (χ4v) is 1.79. The first-order valence-electron chi connectivity index (χ1n) is 7.92. The first-order valence-corrected chi connectivity index (χ1v) is 7.92. The van der Waals surface area contributed by atoms with Gasteiger partial charge < -0.3 is 24.3 Å². The van der Waals surface area contributed by atoms with Gasteiger partial charge in [0, 0.05) is 6.61 Å². The summed E-state index contributed by atoms with van der Waals surface area (Å²) < 4.78 is 21.1. The average Bonchev–Trinajstić information content (AvgIpc) is 2.44. The molecule has 0 aromatic carbocycles. The molecule has 0 unspecified atom stereocenters. The molecular formula is C15H29NO5. The van der Waals surface area contributed by atoms with Crippen molar-refractivity contribution in [1.82, 2.24) is 5.32 Å². The smallest absolute Gasteiger partial charge is 0.306 e. The standard InChI is InChI=1S/C15H29NO5/c1-2-3-4-18-5-6-19-7-8-20-9-10-21-15(17)11-14-12-16-13-14/h14,16H,2-13H2,1H3. The molecule has 6 heteroatoms. The first-order chi connectivity index (χ1) is 10.3. The molecule has 1 rings (SSSR count). The fourth-order valence-electron chi connectivity index (χ4n) is 1.79. The molecule has 0 bridgehead atoms. The SMILES string of the molecule is CCCCOCCOCCOCCOC(=O)CC1CNC1. The number of carbonyl (C=O) groups excluding carboxylic acids is 1. The lowest BCUT2D eigenvalue weighted by molar-refractivity contribution is -0.146. The van der Waals surface area contributed by atoms with Crippen molar-refractivity contribution < 1.29 is 23.7 Å². The van der Waals surface area contributed by atoms with Crippen LogP contribution >= 0.6 is 0 Å². The molecule has 0 atom stereocenters. The summed E-state index contributed by atoms with van der Waals surface area (Å²) in [6.07, 6.45) is 2.75. The van der Waals surface area contributed by atoms with Crippen molar-refractivity contribution in [3.8, 4) is 0 Å². The van der Waals surface area contributed by atoms with Crippen molar-refractivity contribution in [3.63, 3.8) is 0 Å². The van der Waals surface area contributed by atoms with Crippen LogP contribution < -0.4 is 5.32 Å². The number of hydrogen-bond acceptors (Lipinski definition) is 6. The van der Waals surface area contributed by atoms with Gasteiger partial charge in [-0.2, -0.15) is 0 Å². The minimum Gasteiger partial charge on any atom is -0.463 e. The zero-order valence-electron chi connectivity index (χ0n) is 13.1. The molecular weight excluding hydrogens is 274 g/mol. The molecule has 0 spiro atoms. The molecule has 0 amide bonds. The van der Waals surface area contributed by atoms with Crippen LogP contribution in [0.3, 0.4) is 0 Å². The Morgan fingerprint density at radius 2 is 1.52 bits per heavy atom. The maximum atomic E-state index is 11.4. The van der Waals surface area contributed by atoms with Crippen LogP contribution in [0.1, 0.15) is 26.2 Å². The Hall–Kier alpha value is -0.690. The highest BCUT2D eigenvalue weighted by atomic mass is 16.6. The normalized spacial score (nSPS) is 14.9. The molecule has 124 valence electrons. The lowest BCUT2D eigenvalue weighted by Gasteiger charge is -2.25. The molecule has 0 saturated carbocycles. The molecule has 1 aliphatic heterocycles. The molecule has 1 fully saturated rings. The maximum Gasteiger partial charge on any atom is 0.306 e. The van der Waals surface area contributed by atoms with Gasteiger partial charge in [0.25, 0.3) is 0 Å². The highest BCUT2D eigenvalue weighted by molar-refractivity contribution is 5.69. The van der Waals surface area contributed by atoms with E-state index in [4.69, 9.17) is 18.9 Å². The van der Waals surface area contributed by atoms with E-state index in [1.165, 1.54) is 0 Å². The molecule has 0 radical (unpaired) electrons. The number of rotatable bonds is 14. The molecule has 0 aliphatic carbocycles. The van der Waals surface area contributed by atoms with Crippen LogP contribution in [-0.2, 0) is 23.7 Å². The van der Waals surface area contributed by atoms with Gasteiger partial charge >= 0.3 is 5.97 Å². The fraction of sp³-hybridized carbons (Fsp3) is 0.933. The van der Waals surface area contributed by atoms with E-state index < -0.39 is 0 Å². The summed E-state index contributed by atoms with van der Waals surface area (Å²) in [6, 6.07) is 0. The van der Waals surface area contributed by atoms with Gasteiger partial charge in [-0.1, -0.05) is 13.3 Å². The highest BCUT2D eigenvalue weighted by Gasteiger charge is 2.20. The van der Waals surface area contributed by atoms with E-state index in [2.05, 4.69) is 12.2 Å². The molecule has 1 heterocycles. The van der Waals surface area contributed by atoms with Crippen LogP contribution in [0.4, 0.5) is 0 Å². The van der Waals surface area contributed by atoms with Crippen LogP contribution in [0.15, 0.2) is 0 Å². The minimum atomic E-state index is -0.134. The molecule has 1 aliphatic rings. The van der Waals surface area contributed by atoms with Crippen molar-refractivity contribution >= 4 is 5.97 Å². The summed E-state index contributed by atoms with van der Waals surface area (Å²) in [7, 11) is 0. The van der Waals surface area contributed by atoms with E-state index in [1.54, 1.807) is 0 Å². The summed E-state index contributed by atoms with van der Waals surface area (Å²) in [5.41, 5.74) is 0. The van der Waals surface area contributed by atoms with E-state index in [-0.39, 0.29) is 5.97 Å². The minimum absolute atomic E-state index is 0.134. The largest absolute Gasteiger partial charge is 0.463 e. The lowest BCUT2D eigenvalue weighted by Crippen LogP contribution is -2.43. The topological polar surface area (TPSA) is 66.0 Å². The van der Waals surface area contributed by atoms with Crippen molar-refractivity contribution in [1.29, 1.82) is 0 Å². The molecule has 6 nitrogen and oxygen atoms in total. The summed E-state index contributed by atoms with van der Waals surface area (Å²) in [6.45, 7) is 7.81. The quantitative estimate of drug-likeness (QED) is 0.381. The summed E-state index contributed by atoms with van der Waals surface area (Å²) in [5.74, 6) is 0.317. The Morgan fingerprint density at radius 1 is 0.952 bits per heavy atom. The maximum absolute atomic E-state index is 11.4. The number of ether oxygens (including phenoxy) is 4. The lowest BCUT2D eigenvalue weighted by atomic mass is 10.00. The zero-order chi connectivity index (χ0) is 15.2. The van der Waals surface area contributed by atoms with Crippen molar-refractivity contribution in [2.24, 2.45) is 5.92 Å². The second-order valence-corrected chi connectivity index (χ2v) is 5.14. The third kappa shape index (κ3) is 10.6. The number of unbranched alkanes of at least 4 members (excludes halogenated alkanes) is 1. The summed E-state index contributed by atoms with van der Waals surface area (Å²) in [4.78, 5) is 11.4. The molecule has 21 heavy (non-hydrogen) atoms. The van der Waals surface area contributed by atoms with Crippen molar-refractivity contribution in [2.45, 2.75) is 26.2 Å². The zero-order valence-corrected chi connectivity index (χ0v) is 13.1. The van der Waals surface area contributed by atoms with Gasteiger partial charge in [-0.05, 0) is 25.4 Å². The Labute approximate surface area is 127 Å². The van der Waals surface area contributed by atoms with Gasteiger partial charge in [-0.3, -0.25) is 4.79 Å². The van der Waals surface area contributed by atoms with Gasteiger partial charge in [0.1, 0.15) is 6.61 Å². The van der Waals surface area contributed by atoms with Gasteiger partial charge in [-0.15, -0.1) is 0 Å². The van der Waals surface area contributed by atoms with Crippen LogP contribution in [0, 0.1) is 5.92 Å². The third-order valence-corrected chi connectivity index (χ3v) is 3.20. The van der Waals surface area contributed by atoms with E-state index in [9.17, 15) is 4.79 Å². The van der Waals surface area contributed by atoms with E-state index >= 15 is 0 Å². The van der Waals surface area contributed by atoms with E-state index in [1.807, 2.05) is 0 Å². The predicted molar refractivity (Wildman–Crippen MR) is 79.3 cm³/mol. The summed E-state index contributed by atoms with van der Waals surface area (Å²) >= 11 is 0. The van der Waals surface area contributed by atoms with E-state index in [0.717, 1.165) is 32.5 Å². The Balaban J connectivity index is 1.71. The van der Waals surface area contributed by atoms with Crippen LogP contribution in [0.5, 0.6) is 0 Å². The van der Waals surface area contributed by atoms with Gasteiger partial charge in [0.15, 0.2) is 0 Å². The van der Waals surface area contributed by atoms with Gasteiger partial charge in [0.05, 0.1) is 39.5 Å². The summed E-state index contributed by atoms with van der Waals surface area (Å²) in [5, 5.41) is 3.13. The van der Waals surface area contributed by atoms with Crippen LogP contribution in [0.25, 0.3) is 0 Å². The average molecular weight is 303 g/mol. The van der Waals surface area contributed by atoms with Crippen molar-refractivity contribution in [3.05, 3.63) is 0 Å².